The molecule has 0 spiro atoms. The number of aliphatic hydroxyl groups is 1. The number of aryl methyl sites for hydroxylation is 2. The average molecular weight is 255 g/mol. The topological polar surface area (TPSA) is 44.0 Å². The average Bonchev–Trinajstić information content (AvgIpc) is 2.82. The highest BCUT2D eigenvalue weighted by atomic mass is 16.2. The molecule has 2 nitrogen and oxygen atoms in total. The molecule has 0 bridgehead atoms. The van der Waals surface area contributed by atoms with Crippen LogP contribution in [0.25, 0.3) is 5.57 Å². The second-order valence-corrected chi connectivity index (χ2v) is 5.11. The summed E-state index contributed by atoms with van der Waals surface area (Å²) < 4.78 is 0. The van der Waals surface area contributed by atoms with E-state index in [1.807, 2.05) is 0 Å². The third-order valence-corrected chi connectivity index (χ3v) is 3.88. The Morgan fingerprint density at radius 2 is 2.16 bits per heavy atom. The van der Waals surface area contributed by atoms with Gasteiger partial charge < -0.3 is 5.11 Å². The highest BCUT2D eigenvalue weighted by Gasteiger charge is 2.21. The molecule has 0 saturated carbocycles. The molecule has 0 unspecified atom stereocenters. The van der Waals surface area contributed by atoms with Crippen molar-refractivity contribution < 1.29 is 5.11 Å². The normalized spacial score (nSPS) is 15.5. The van der Waals surface area contributed by atoms with Gasteiger partial charge in [0.1, 0.15) is 0 Å². The second kappa shape index (κ2) is 6.54. The molecule has 1 N–H and O–H groups in total. The minimum absolute atomic E-state index is 0.176. The van der Waals surface area contributed by atoms with Crippen LogP contribution in [0, 0.1) is 11.3 Å². The van der Waals surface area contributed by atoms with Gasteiger partial charge in [-0.05, 0) is 59.9 Å². The predicted molar refractivity (Wildman–Crippen MR) is 77.8 cm³/mol. The lowest BCUT2D eigenvalue weighted by Crippen LogP contribution is -2.03. The van der Waals surface area contributed by atoms with Crippen LogP contribution in [0.2, 0.25) is 0 Å². The molecule has 2 rings (SSSR count). The van der Waals surface area contributed by atoms with Gasteiger partial charge in [-0.25, -0.2) is 0 Å². The van der Waals surface area contributed by atoms with Crippen LogP contribution in [0.3, 0.4) is 0 Å². The Labute approximate surface area is 115 Å². The number of fused-ring (bicyclic) bond motifs is 1. The van der Waals surface area contributed by atoms with Crippen LogP contribution >= 0.6 is 0 Å². The van der Waals surface area contributed by atoms with E-state index in [2.05, 4.69) is 25.1 Å². The molecular weight excluding hydrogens is 234 g/mol. The molecule has 19 heavy (non-hydrogen) atoms. The fourth-order valence-electron chi connectivity index (χ4n) is 2.96. The first-order valence-corrected chi connectivity index (χ1v) is 7.15. The number of hydrogen-bond donors (Lipinski definition) is 1. The lowest BCUT2D eigenvalue weighted by atomic mass is 9.91. The fraction of sp³-hybridized carbons (Fsp3) is 0.471. The summed E-state index contributed by atoms with van der Waals surface area (Å²) in [7, 11) is 0. The van der Waals surface area contributed by atoms with Crippen LogP contribution in [-0.2, 0) is 19.3 Å². The van der Waals surface area contributed by atoms with Crippen molar-refractivity contribution in [1.29, 1.82) is 5.26 Å². The molecule has 2 heteroatoms. The van der Waals surface area contributed by atoms with E-state index in [1.165, 1.54) is 35.1 Å². The first kappa shape index (κ1) is 13.8. The van der Waals surface area contributed by atoms with Crippen LogP contribution < -0.4 is 0 Å². The van der Waals surface area contributed by atoms with Gasteiger partial charge in [-0.15, -0.1) is 0 Å². The van der Waals surface area contributed by atoms with Crippen LogP contribution in [-0.4, -0.2) is 11.7 Å². The summed E-state index contributed by atoms with van der Waals surface area (Å²) in [6.45, 7) is 2.37. The number of nitrogens with zero attached hydrogens (tertiary/aromatic N) is 1. The standard InChI is InChI=1S/C17H21NO/c1-2-3-4-13-5-6-14-7-8-15(9-11-18)17(14)16(13)10-12-19/h5-6,9,19H,2-4,7-8,10,12H2,1H3. The van der Waals surface area contributed by atoms with E-state index in [4.69, 9.17) is 5.26 Å². The Bertz CT molecular complexity index is 523. The minimum atomic E-state index is 0.176. The molecule has 0 aromatic heterocycles. The van der Waals surface area contributed by atoms with Gasteiger partial charge in [-0.3, -0.25) is 0 Å². The minimum Gasteiger partial charge on any atom is -0.396 e. The van der Waals surface area contributed by atoms with Crippen LogP contribution in [0.1, 0.15) is 48.4 Å². The molecule has 0 fully saturated rings. The molecule has 1 aromatic rings. The first-order valence-electron chi connectivity index (χ1n) is 7.15. The molecule has 0 aliphatic heterocycles. The van der Waals surface area contributed by atoms with Crippen molar-refractivity contribution in [3.63, 3.8) is 0 Å². The maximum absolute atomic E-state index is 9.33. The molecule has 0 atom stereocenters. The van der Waals surface area contributed by atoms with Crippen molar-refractivity contribution in [1.82, 2.24) is 0 Å². The molecule has 0 amide bonds. The zero-order chi connectivity index (χ0) is 13.7. The summed E-state index contributed by atoms with van der Waals surface area (Å²) >= 11 is 0. The fourth-order valence-corrected chi connectivity index (χ4v) is 2.96. The van der Waals surface area contributed by atoms with Gasteiger partial charge in [0.05, 0.1) is 6.07 Å². The van der Waals surface area contributed by atoms with Crippen molar-refractivity contribution in [2.45, 2.75) is 45.4 Å². The number of allylic oxidation sites excluding steroid dienone is 2. The van der Waals surface area contributed by atoms with E-state index in [0.29, 0.717) is 6.42 Å². The molecule has 0 radical (unpaired) electrons. The quantitative estimate of drug-likeness (QED) is 0.819. The Morgan fingerprint density at radius 3 is 2.84 bits per heavy atom. The Kier molecular flexibility index (Phi) is 4.76. The van der Waals surface area contributed by atoms with Gasteiger partial charge in [0.25, 0.3) is 0 Å². The van der Waals surface area contributed by atoms with Crippen molar-refractivity contribution in [2.75, 3.05) is 6.61 Å². The van der Waals surface area contributed by atoms with E-state index in [1.54, 1.807) is 6.08 Å². The molecule has 1 aliphatic carbocycles. The monoisotopic (exact) mass is 255 g/mol. The van der Waals surface area contributed by atoms with Gasteiger partial charge >= 0.3 is 0 Å². The van der Waals surface area contributed by atoms with E-state index in [9.17, 15) is 5.11 Å². The number of nitriles is 1. The van der Waals surface area contributed by atoms with Crippen LogP contribution in [0.5, 0.6) is 0 Å². The highest BCUT2D eigenvalue weighted by molar-refractivity contribution is 5.77. The third-order valence-electron chi connectivity index (χ3n) is 3.88. The van der Waals surface area contributed by atoms with Gasteiger partial charge in [-0.1, -0.05) is 25.5 Å². The van der Waals surface area contributed by atoms with Crippen molar-refractivity contribution in [2.24, 2.45) is 0 Å². The number of benzene rings is 1. The molecule has 0 saturated heterocycles. The first-order chi connectivity index (χ1) is 9.31. The Hall–Kier alpha value is -1.59. The van der Waals surface area contributed by atoms with Crippen molar-refractivity contribution in [3.8, 4) is 6.07 Å². The molecule has 0 heterocycles. The largest absolute Gasteiger partial charge is 0.396 e. The van der Waals surface area contributed by atoms with Crippen LogP contribution in [0.15, 0.2) is 18.2 Å². The van der Waals surface area contributed by atoms with E-state index in [0.717, 1.165) is 24.8 Å². The molecule has 1 aliphatic rings. The summed E-state index contributed by atoms with van der Waals surface area (Å²) in [5, 5.41) is 18.2. The van der Waals surface area contributed by atoms with E-state index >= 15 is 0 Å². The van der Waals surface area contributed by atoms with Gasteiger partial charge in [0.15, 0.2) is 0 Å². The Balaban J connectivity index is 2.47. The zero-order valence-corrected chi connectivity index (χ0v) is 11.6. The maximum Gasteiger partial charge on any atom is 0.0915 e. The molecule has 1 aromatic carbocycles. The van der Waals surface area contributed by atoms with E-state index < -0.39 is 0 Å². The smallest absolute Gasteiger partial charge is 0.0915 e. The SMILES string of the molecule is CCCCc1ccc2c(c1CCO)C(=CC#N)CC2. The van der Waals surface area contributed by atoms with Crippen molar-refractivity contribution >= 4 is 5.57 Å². The summed E-state index contributed by atoms with van der Waals surface area (Å²) in [5.74, 6) is 0. The van der Waals surface area contributed by atoms with Gasteiger partial charge in [0.2, 0.25) is 0 Å². The maximum atomic E-state index is 9.33. The summed E-state index contributed by atoms with van der Waals surface area (Å²) in [6, 6.07) is 6.58. The summed E-state index contributed by atoms with van der Waals surface area (Å²) in [5.41, 5.74) is 6.36. The zero-order valence-electron chi connectivity index (χ0n) is 11.6. The number of unbranched alkanes of at least 4 members (excludes halogenated alkanes) is 1. The van der Waals surface area contributed by atoms with Gasteiger partial charge in [0, 0.05) is 12.7 Å². The predicted octanol–water partition coefficient (Wildman–Crippen LogP) is 3.42. The second-order valence-electron chi connectivity index (χ2n) is 5.11. The lowest BCUT2D eigenvalue weighted by Gasteiger charge is -2.14. The summed E-state index contributed by atoms with van der Waals surface area (Å²) in [4.78, 5) is 0. The number of rotatable bonds is 5. The molecular formula is C17H21NO. The molecule has 100 valence electrons. The third kappa shape index (κ3) is 2.88. The van der Waals surface area contributed by atoms with Crippen LogP contribution in [0.4, 0.5) is 0 Å². The number of hydrogen-bond acceptors (Lipinski definition) is 2. The highest BCUT2D eigenvalue weighted by Crippen LogP contribution is 2.36. The lowest BCUT2D eigenvalue weighted by molar-refractivity contribution is 0.299. The van der Waals surface area contributed by atoms with Gasteiger partial charge in [-0.2, -0.15) is 5.26 Å². The van der Waals surface area contributed by atoms with Crippen molar-refractivity contribution in [3.05, 3.63) is 40.5 Å². The Morgan fingerprint density at radius 1 is 1.32 bits per heavy atom. The van der Waals surface area contributed by atoms with E-state index in [-0.39, 0.29) is 6.61 Å². The summed E-state index contributed by atoms with van der Waals surface area (Å²) in [6.07, 6.45) is 7.78. The number of aliphatic hydroxyl groups excluding tert-OH is 1.